The molecule has 0 aliphatic heterocycles. The zero-order valence-electron chi connectivity index (χ0n) is 9.96. The van der Waals surface area contributed by atoms with Gasteiger partial charge in [-0.15, -0.1) is 23.1 Å². The van der Waals surface area contributed by atoms with Gasteiger partial charge in [0.1, 0.15) is 5.01 Å². The van der Waals surface area contributed by atoms with Crippen molar-refractivity contribution in [3.8, 4) is 0 Å². The molecule has 0 amide bonds. The summed E-state index contributed by atoms with van der Waals surface area (Å²) in [4.78, 5) is 5.76. The highest BCUT2D eigenvalue weighted by Crippen LogP contribution is 2.28. The Bertz CT molecular complexity index is 289. The summed E-state index contributed by atoms with van der Waals surface area (Å²) in [6.45, 7) is 10.8. The predicted octanol–water partition coefficient (Wildman–Crippen LogP) is 3.28. The molecule has 0 unspecified atom stereocenters. The lowest BCUT2D eigenvalue weighted by Gasteiger charge is -2.16. The van der Waals surface area contributed by atoms with E-state index >= 15 is 0 Å². The van der Waals surface area contributed by atoms with Gasteiger partial charge < -0.3 is 5.32 Å². The van der Waals surface area contributed by atoms with Gasteiger partial charge in [0.15, 0.2) is 0 Å². The Labute approximate surface area is 101 Å². The lowest BCUT2D eigenvalue weighted by atomic mass is 10.3. The van der Waals surface area contributed by atoms with Gasteiger partial charge in [0.05, 0.1) is 0 Å². The molecule has 1 rings (SSSR count). The quantitative estimate of drug-likeness (QED) is 0.860. The van der Waals surface area contributed by atoms with E-state index in [1.807, 2.05) is 29.3 Å². The van der Waals surface area contributed by atoms with Crippen LogP contribution in [0.25, 0.3) is 0 Å². The molecule has 0 aliphatic rings. The molecule has 4 heteroatoms. The van der Waals surface area contributed by atoms with Gasteiger partial charge >= 0.3 is 0 Å². The first-order chi connectivity index (χ1) is 7.01. The molecular weight excluding hydrogens is 224 g/mol. The third-order valence-electron chi connectivity index (χ3n) is 1.78. The lowest BCUT2D eigenvalue weighted by molar-refractivity contribution is 0.734. The van der Waals surface area contributed by atoms with Crippen LogP contribution in [-0.2, 0) is 12.3 Å². The Morgan fingerprint density at radius 3 is 2.80 bits per heavy atom. The zero-order valence-corrected chi connectivity index (χ0v) is 11.6. The summed E-state index contributed by atoms with van der Waals surface area (Å²) in [5, 5.41) is 4.55. The molecule has 1 aromatic rings. The van der Waals surface area contributed by atoms with Crippen molar-refractivity contribution < 1.29 is 0 Å². The number of thioether (sulfide) groups is 1. The predicted molar refractivity (Wildman–Crippen MR) is 70.5 cm³/mol. The third kappa shape index (κ3) is 5.54. The summed E-state index contributed by atoms with van der Waals surface area (Å²) in [7, 11) is 0. The molecule has 0 saturated heterocycles. The fourth-order valence-electron chi connectivity index (χ4n) is 1.02. The largest absolute Gasteiger partial charge is 0.312 e. The summed E-state index contributed by atoms with van der Waals surface area (Å²) < 4.78 is 0.327. The standard InChI is InChI=1S/C11H20N2S2/c1-5-12-6-9-7-13-10(15-9)8-14-11(2,3)4/h7,12H,5-6,8H2,1-4H3. The van der Waals surface area contributed by atoms with Crippen LogP contribution in [0.15, 0.2) is 6.20 Å². The first-order valence-corrected chi connectivity index (χ1v) is 7.09. The van der Waals surface area contributed by atoms with E-state index < -0.39 is 0 Å². The van der Waals surface area contributed by atoms with Crippen LogP contribution in [0.5, 0.6) is 0 Å². The van der Waals surface area contributed by atoms with E-state index in [9.17, 15) is 0 Å². The van der Waals surface area contributed by atoms with Crippen molar-refractivity contribution in [2.45, 2.75) is 44.7 Å². The van der Waals surface area contributed by atoms with Gasteiger partial charge in [-0.3, -0.25) is 0 Å². The fourth-order valence-corrected chi connectivity index (χ4v) is 2.75. The molecule has 2 nitrogen and oxygen atoms in total. The minimum absolute atomic E-state index is 0.327. The monoisotopic (exact) mass is 244 g/mol. The maximum atomic E-state index is 4.43. The molecule has 0 fully saturated rings. The zero-order chi connectivity index (χ0) is 11.3. The van der Waals surface area contributed by atoms with Gasteiger partial charge in [0, 0.05) is 28.1 Å². The molecule has 86 valence electrons. The van der Waals surface area contributed by atoms with Crippen molar-refractivity contribution >= 4 is 23.1 Å². The Morgan fingerprint density at radius 1 is 1.47 bits per heavy atom. The van der Waals surface area contributed by atoms with Crippen molar-refractivity contribution in [2.24, 2.45) is 0 Å². The Kier molecular flexibility index (Phi) is 5.09. The van der Waals surface area contributed by atoms with Crippen LogP contribution in [0, 0.1) is 0 Å². The van der Waals surface area contributed by atoms with Crippen LogP contribution in [0.3, 0.4) is 0 Å². The summed E-state index contributed by atoms with van der Waals surface area (Å²) >= 11 is 3.77. The van der Waals surface area contributed by atoms with Crippen molar-refractivity contribution in [1.82, 2.24) is 10.3 Å². The van der Waals surface area contributed by atoms with Gasteiger partial charge in [-0.05, 0) is 6.54 Å². The number of hydrogen-bond acceptors (Lipinski definition) is 4. The van der Waals surface area contributed by atoms with Crippen LogP contribution in [0.4, 0.5) is 0 Å². The van der Waals surface area contributed by atoms with Crippen molar-refractivity contribution in [2.75, 3.05) is 6.54 Å². The van der Waals surface area contributed by atoms with Gasteiger partial charge in [-0.1, -0.05) is 27.7 Å². The Hall–Kier alpha value is -0.0600. The summed E-state index contributed by atoms with van der Waals surface area (Å²) in [6.07, 6.45) is 1.99. The Balaban J connectivity index is 2.39. The molecule has 1 heterocycles. The highest BCUT2D eigenvalue weighted by Gasteiger charge is 2.12. The normalized spacial score (nSPS) is 12.0. The fraction of sp³-hybridized carbons (Fsp3) is 0.727. The molecule has 1 aromatic heterocycles. The van der Waals surface area contributed by atoms with Gasteiger partial charge in [-0.2, -0.15) is 0 Å². The van der Waals surface area contributed by atoms with Crippen molar-refractivity contribution in [3.05, 3.63) is 16.1 Å². The van der Waals surface area contributed by atoms with Crippen molar-refractivity contribution in [1.29, 1.82) is 0 Å². The number of thiazole rings is 1. The first kappa shape index (κ1) is 13.0. The topological polar surface area (TPSA) is 24.9 Å². The van der Waals surface area contributed by atoms with E-state index in [1.54, 1.807) is 0 Å². The summed E-state index contributed by atoms with van der Waals surface area (Å²) in [6, 6.07) is 0. The average molecular weight is 244 g/mol. The van der Waals surface area contributed by atoms with Gasteiger partial charge in [0.2, 0.25) is 0 Å². The molecule has 1 N–H and O–H groups in total. The second-order valence-electron chi connectivity index (χ2n) is 4.40. The SMILES string of the molecule is CCNCc1cnc(CSC(C)(C)C)s1. The van der Waals surface area contributed by atoms with E-state index in [4.69, 9.17) is 0 Å². The molecule has 0 radical (unpaired) electrons. The molecule has 0 bridgehead atoms. The maximum Gasteiger partial charge on any atom is 0.103 e. The molecular formula is C11H20N2S2. The number of nitrogens with one attached hydrogen (secondary N) is 1. The van der Waals surface area contributed by atoms with E-state index in [1.165, 1.54) is 9.88 Å². The summed E-state index contributed by atoms with van der Waals surface area (Å²) in [5.74, 6) is 1.03. The highest BCUT2D eigenvalue weighted by atomic mass is 32.2. The van der Waals surface area contributed by atoms with E-state index in [2.05, 4.69) is 38.0 Å². The molecule has 0 saturated carbocycles. The van der Waals surface area contributed by atoms with Crippen LogP contribution in [-0.4, -0.2) is 16.3 Å². The number of rotatable bonds is 5. The molecule has 0 aliphatic carbocycles. The maximum absolute atomic E-state index is 4.43. The lowest BCUT2D eigenvalue weighted by Crippen LogP contribution is -2.10. The number of hydrogen-bond donors (Lipinski definition) is 1. The molecule has 15 heavy (non-hydrogen) atoms. The minimum Gasteiger partial charge on any atom is -0.312 e. The number of nitrogens with zero attached hydrogens (tertiary/aromatic N) is 1. The molecule has 0 spiro atoms. The summed E-state index contributed by atoms with van der Waals surface area (Å²) in [5.41, 5.74) is 0. The van der Waals surface area contributed by atoms with Crippen molar-refractivity contribution in [3.63, 3.8) is 0 Å². The van der Waals surface area contributed by atoms with Gasteiger partial charge in [-0.25, -0.2) is 4.98 Å². The first-order valence-electron chi connectivity index (χ1n) is 5.29. The smallest absolute Gasteiger partial charge is 0.103 e. The van der Waals surface area contributed by atoms with E-state index in [-0.39, 0.29) is 0 Å². The van der Waals surface area contributed by atoms with E-state index in [0.717, 1.165) is 18.8 Å². The minimum atomic E-state index is 0.327. The second-order valence-corrected chi connectivity index (χ2v) is 7.40. The van der Waals surface area contributed by atoms with Crippen LogP contribution < -0.4 is 5.32 Å². The molecule has 0 atom stereocenters. The number of aromatic nitrogens is 1. The highest BCUT2D eigenvalue weighted by molar-refractivity contribution is 7.99. The van der Waals surface area contributed by atoms with Crippen LogP contribution in [0.2, 0.25) is 0 Å². The van der Waals surface area contributed by atoms with Crippen LogP contribution in [0.1, 0.15) is 37.6 Å². The van der Waals surface area contributed by atoms with Crippen LogP contribution >= 0.6 is 23.1 Å². The second kappa shape index (κ2) is 5.87. The Morgan fingerprint density at radius 2 is 2.20 bits per heavy atom. The third-order valence-corrected chi connectivity index (χ3v) is 4.24. The van der Waals surface area contributed by atoms with E-state index in [0.29, 0.717) is 4.75 Å². The average Bonchev–Trinajstić information content (AvgIpc) is 2.58. The van der Waals surface area contributed by atoms with Gasteiger partial charge in [0.25, 0.3) is 0 Å². The molecule has 0 aromatic carbocycles.